The van der Waals surface area contributed by atoms with Crippen LogP contribution in [0.4, 0.5) is 0 Å². The van der Waals surface area contributed by atoms with Crippen molar-refractivity contribution in [2.75, 3.05) is 13.1 Å². The first-order chi connectivity index (χ1) is 13.5. The van der Waals surface area contributed by atoms with E-state index in [1.807, 2.05) is 56.0 Å². The average Bonchev–Trinajstić information content (AvgIpc) is 3.14. The van der Waals surface area contributed by atoms with Gasteiger partial charge in [-0.1, -0.05) is 22.9 Å². The van der Waals surface area contributed by atoms with E-state index in [2.05, 4.69) is 10.1 Å². The number of hydrogen-bond acceptors (Lipinski definition) is 5. The molecule has 2 aromatic heterocycles. The number of piperidine rings is 1. The van der Waals surface area contributed by atoms with Gasteiger partial charge in [-0.15, -0.1) is 0 Å². The lowest BCUT2D eigenvalue weighted by molar-refractivity contribution is 0.0706. The van der Waals surface area contributed by atoms with E-state index in [9.17, 15) is 4.79 Å². The van der Waals surface area contributed by atoms with Gasteiger partial charge in [0.05, 0.1) is 17.0 Å². The maximum Gasteiger partial charge on any atom is 0.253 e. The van der Waals surface area contributed by atoms with Gasteiger partial charge in [-0.2, -0.15) is 0 Å². The van der Waals surface area contributed by atoms with Crippen LogP contribution in [0.2, 0.25) is 0 Å². The SMILES string of the molecule is Cc1ccc(C(=O)N2CCCC(c3nc(C)ncc3-c3cc(C)no3)C2)cc1. The molecule has 0 bridgehead atoms. The van der Waals surface area contributed by atoms with Gasteiger partial charge >= 0.3 is 0 Å². The van der Waals surface area contributed by atoms with Gasteiger partial charge in [-0.25, -0.2) is 9.97 Å². The number of nitrogens with zero attached hydrogens (tertiary/aromatic N) is 4. The highest BCUT2D eigenvalue weighted by Gasteiger charge is 2.29. The summed E-state index contributed by atoms with van der Waals surface area (Å²) in [5.41, 5.74) is 4.50. The Kier molecular flexibility index (Phi) is 4.94. The number of aromatic nitrogens is 3. The van der Waals surface area contributed by atoms with Crippen molar-refractivity contribution in [1.29, 1.82) is 0 Å². The molecule has 3 aromatic rings. The molecule has 0 radical (unpaired) electrons. The molecule has 6 heteroatoms. The number of aryl methyl sites for hydroxylation is 3. The number of rotatable bonds is 3. The molecule has 1 aliphatic heterocycles. The molecule has 1 aromatic carbocycles. The minimum Gasteiger partial charge on any atom is -0.356 e. The second-order valence-electron chi connectivity index (χ2n) is 7.51. The lowest BCUT2D eigenvalue weighted by Gasteiger charge is -2.33. The van der Waals surface area contributed by atoms with Crippen LogP contribution >= 0.6 is 0 Å². The highest BCUT2D eigenvalue weighted by molar-refractivity contribution is 5.94. The molecule has 1 saturated heterocycles. The van der Waals surface area contributed by atoms with Crippen molar-refractivity contribution < 1.29 is 9.32 Å². The zero-order chi connectivity index (χ0) is 19.7. The molecule has 3 heterocycles. The van der Waals surface area contributed by atoms with Crippen LogP contribution in [-0.4, -0.2) is 39.0 Å². The van der Waals surface area contributed by atoms with E-state index in [1.165, 1.54) is 0 Å². The molecule has 1 aliphatic rings. The molecule has 4 rings (SSSR count). The highest BCUT2D eigenvalue weighted by atomic mass is 16.5. The molecular weight excluding hydrogens is 352 g/mol. The number of likely N-dealkylation sites (tertiary alicyclic amines) is 1. The van der Waals surface area contributed by atoms with Crippen molar-refractivity contribution in [3.8, 4) is 11.3 Å². The van der Waals surface area contributed by atoms with Crippen LogP contribution in [0.5, 0.6) is 0 Å². The molecule has 1 amide bonds. The summed E-state index contributed by atoms with van der Waals surface area (Å²) in [6, 6.07) is 9.66. The third-order valence-electron chi connectivity index (χ3n) is 5.23. The van der Waals surface area contributed by atoms with E-state index < -0.39 is 0 Å². The van der Waals surface area contributed by atoms with Crippen molar-refractivity contribution in [3.63, 3.8) is 0 Å². The lowest BCUT2D eigenvalue weighted by atomic mass is 9.91. The van der Waals surface area contributed by atoms with Crippen molar-refractivity contribution in [2.24, 2.45) is 0 Å². The Balaban J connectivity index is 1.62. The van der Waals surface area contributed by atoms with Crippen molar-refractivity contribution in [1.82, 2.24) is 20.0 Å². The second kappa shape index (κ2) is 7.54. The molecule has 144 valence electrons. The summed E-state index contributed by atoms with van der Waals surface area (Å²) >= 11 is 0. The minimum absolute atomic E-state index is 0.0764. The van der Waals surface area contributed by atoms with Crippen LogP contribution in [0.3, 0.4) is 0 Å². The van der Waals surface area contributed by atoms with Crippen LogP contribution in [0.1, 0.15) is 51.9 Å². The summed E-state index contributed by atoms with van der Waals surface area (Å²) in [6.07, 6.45) is 3.73. The Bertz CT molecular complexity index is 994. The maximum absolute atomic E-state index is 13.0. The number of amides is 1. The predicted octanol–water partition coefficient (Wildman–Crippen LogP) is 4.08. The monoisotopic (exact) mass is 376 g/mol. The summed E-state index contributed by atoms with van der Waals surface area (Å²) in [4.78, 5) is 24.0. The van der Waals surface area contributed by atoms with E-state index in [0.717, 1.165) is 53.3 Å². The first-order valence-corrected chi connectivity index (χ1v) is 9.64. The van der Waals surface area contributed by atoms with E-state index in [-0.39, 0.29) is 11.8 Å². The second-order valence-corrected chi connectivity index (χ2v) is 7.51. The Morgan fingerprint density at radius 1 is 1.18 bits per heavy atom. The standard InChI is InChI=1S/C22H24N4O2/c1-14-6-8-17(9-7-14)22(27)26-10-4-5-18(13-26)21-19(12-23-16(3)24-21)20-11-15(2)25-28-20/h6-9,11-12,18H,4-5,10,13H2,1-3H3. The Hall–Kier alpha value is -3.02. The van der Waals surface area contributed by atoms with E-state index in [1.54, 1.807) is 6.20 Å². The topological polar surface area (TPSA) is 72.1 Å². The summed E-state index contributed by atoms with van der Waals surface area (Å²) < 4.78 is 5.47. The fourth-order valence-electron chi connectivity index (χ4n) is 3.74. The third-order valence-corrected chi connectivity index (χ3v) is 5.23. The van der Waals surface area contributed by atoms with Crippen molar-refractivity contribution >= 4 is 5.91 Å². The van der Waals surface area contributed by atoms with Crippen LogP contribution in [0.25, 0.3) is 11.3 Å². The van der Waals surface area contributed by atoms with Crippen LogP contribution < -0.4 is 0 Å². The van der Waals surface area contributed by atoms with Crippen molar-refractivity contribution in [2.45, 2.75) is 39.5 Å². The molecule has 0 aliphatic carbocycles. The Morgan fingerprint density at radius 3 is 2.68 bits per heavy atom. The average molecular weight is 376 g/mol. The fraction of sp³-hybridized carbons (Fsp3) is 0.364. The quantitative estimate of drug-likeness (QED) is 0.689. The number of hydrogen-bond donors (Lipinski definition) is 0. The van der Waals surface area contributed by atoms with Gasteiger partial charge in [0.2, 0.25) is 0 Å². The van der Waals surface area contributed by atoms with Crippen LogP contribution in [0, 0.1) is 20.8 Å². The van der Waals surface area contributed by atoms with Gasteiger partial charge in [0.15, 0.2) is 5.76 Å². The predicted molar refractivity (Wildman–Crippen MR) is 106 cm³/mol. The van der Waals surface area contributed by atoms with E-state index in [4.69, 9.17) is 9.51 Å². The minimum atomic E-state index is 0.0764. The molecule has 0 saturated carbocycles. The molecular formula is C22H24N4O2. The molecule has 0 N–H and O–H groups in total. The Labute approximate surface area is 164 Å². The summed E-state index contributed by atoms with van der Waals surface area (Å²) in [5.74, 6) is 1.62. The van der Waals surface area contributed by atoms with Gasteiger partial charge < -0.3 is 9.42 Å². The zero-order valence-corrected chi connectivity index (χ0v) is 16.5. The zero-order valence-electron chi connectivity index (χ0n) is 16.5. The largest absolute Gasteiger partial charge is 0.356 e. The number of benzene rings is 1. The normalized spacial score (nSPS) is 17.0. The molecule has 28 heavy (non-hydrogen) atoms. The van der Waals surface area contributed by atoms with Gasteiger partial charge in [0, 0.05) is 36.8 Å². The number of carbonyl (C=O) groups excluding carboxylic acids is 1. The van der Waals surface area contributed by atoms with Gasteiger partial charge in [0.25, 0.3) is 5.91 Å². The van der Waals surface area contributed by atoms with E-state index >= 15 is 0 Å². The van der Waals surface area contributed by atoms with Gasteiger partial charge in [-0.05, 0) is 45.7 Å². The summed E-state index contributed by atoms with van der Waals surface area (Å²) in [7, 11) is 0. The summed E-state index contributed by atoms with van der Waals surface area (Å²) in [6.45, 7) is 7.21. The molecule has 1 unspecified atom stereocenters. The maximum atomic E-state index is 13.0. The molecule has 6 nitrogen and oxygen atoms in total. The smallest absolute Gasteiger partial charge is 0.253 e. The summed E-state index contributed by atoms with van der Waals surface area (Å²) in [5, 5.41) is 4.00. The van der Waals surface area contributed by atoms with Gasteiger partial charge in [-0.3, -0.25) is 4.79 Å². The third kappa shape index (κ3) is 3.67. The molecule has 1 atom stereocenters. The van der Waals surface area contributed by atoms with Crippen LogP contribution in [0.15, 0.2) is 41.1 Å². The highest BCUT2D eigenvalue weighted by Crippen LogP contribution is 2.33. The fourth-order valence-corrected chi connectivity index (χ4v) is 3.74. The van der Waals surface area contributed by atoms with Gasteiger partial charge in [0.1, 0.15) is 5.82 Å². The van der Waals surface area contributed by atoms with Crippen molar-refractivity contribution in [3.05, 3.63) is 64.9 Å². The lowest BCUT2D eigenvalue weighted by Crippen LogP contribution is -2.39. The molecule has 1 fully saturated rings. The first kappa shape index (κ1) is 18.3. The van der Waals surface area contributed by atoms with Crippen LogP contribution in [-0.2, 0) is 0 Å². The first-order valence-electron chi connectivity index (χ1n) is 9.64. The van der Waals surface area contributed by atoms with E-state index in [0.29, 0.717) is 12.3 Å². The molecule has 0 spiro atoms. The number of carbonyl (C=O) groups is 1. The Morgan fingerprint density at radius 2 is 1.96 bits per heavy atom.